The fourth-order valence-electron chi connectivity index (χ4n) is 2.66. The summed E-state index contributed by atoms with van der Waals surface area (Å²) in [6.07, 6.45) is 1.65. The van der Waals surface area contributed by atoms with Gasteiger partial charge in [-0.15, -0.1) is 0 Å². The normalized spacial score (nSPS) is 15.4. The van der Waals surface area contributed by atoms with Crippen molar-refractivity contribution in [1.29, 1.82) is 0 Å². The van der Waals surface area contributed by atoms with Crippen molar-refractivity contribution in [3.63, 3.8) is 0 Å². The molecular weight excluding hydrogens is 368 g/mol. The van der Waals surface area contributed by atoms with Crippen molar-refractivity contribution in [1.82, 2.24) is 14.8 Å². The summed E-state index contributed by atoms with van der Waals surface area (Å²) in [5.41, 5.74) is 2.76. The van der Waals surface area contributed by atoms with Crippen molar-refractivity contribution < 1.29 is 4.79 Å². The molecule has 1 fully saturated rings. The van der Waals surface area contributed by atoms with Crippen molar-refractivity contribution in [2.45, 2.75) is 6.92 Å². The van der Waals surface area contributed by atoms with E-state index in [2.05, 4.69) is 44.2 Å². The van der Waals surface area contributed by atoms with Gasteiger partial charge in [0, 0.05) is 42.5 Å². The van der Waals surface area contributed by atoms with E-state index in [0.29, 0.717) is 5.56 Å². The Morgan fingerprint density at radius 2 is 1.92 bits per heavy atom. The highest BCUT2D eigenvalue weighted by Crippen LogP contribution is 2.22. The minimum absolute atomic E-state index is 0.0571. The quantitative estimate of drug-likeness (QED) is 0.876. The van der Waals surface area contributed by atoms with Crippen LogP contribution in [0, 0.1) is 6.92 Å². The van der Waals surface area contributed by atoms with E-state index in [-0.39, 0.29) is 5.91 Å². The van der Waals surface area contributed by atoms with Gasteiger partial charge in [-0.05, 0) is 49.9 Å². The first-order valence-corrected chi connectivity index (χ1v) is 8.79. The summed E-state index contributed by atoms with van der Waals surface area (Å²) in [5, 5.41) is 3.26. The number of aryl methyl sites for hydroxylation is 1. The molecule has 0 spiro atoms. The number of benzene rings is 1. The van der Waals surface area contributed by atoms with E-state index in [1.54, 1.807) is 6.20 Å². The maximum Gasteiger partial charge on any atom is 0.255 e. The molecule has 0 bridgehead atoms. The van der Waals surface area contributed by atoms with E-state index >= 15 is 0 Å². The minimum Gasteiger partial charge on any atom is -0.340 e. The Morgan fingerprint density at radius 1 is 1.17 bits per heavy atom. The molecule has 0 unspecified atom stereocenters. The van der Waals surface area contributed by atoms with Crippen LogP contribution in [-0.4, -0.2) is 53.9 Å². The fraction of sp³-hybridized carbons (Fsp3) is 0.333. The number of nitrogens with one attached hydrogen (secondary N) is 1. The van der Waals surface area contributed by atoms with Gasteiger partial charge in [0.1, 0.15) is 5.82 Å². The highest BCUT2D eigenvalue weighted by Gasteiger charge is 2.20. The van der Waals surface area contributed by atoms with Gasteiger partial charge in [0.15, 0.2) is 0 Å². The molecule has 0 saturated carbocycles. The predicted molar refractivity (Wildman–Crippen MR) is 99.8 cm³/mol. The van der Waals surface area contributed by atoms with Crippen molar-refractivity contribution in [2.75, 3.05) is 38.5 Å². The number of nitrogens with zero attached hydrogens (tertiary/aromatic N) is 3. The molecule has 3 rings (SSSR count). The summed E-state index contributed by atoms with van der Waals surface area (Å²) in [4.78, 5) is 21.0. The predicted octanol–water partition coefficient (Wildman–Crippen LogP) is 3.28. The Hall–Kier alpha value is -1.92. The van der Waals surface area contributed by atoms with Gasteiger partial charge in [0.2, 0.25) is 0 Å². The maximum atomic E-state index is 12.5. The number of aromatic nitrogens is 1. The number of hydrogen-bond donors (Lipinski definition) is 1. The van der Waals surface area contributed by atoms with Gasteiger partial charge < -0.3 is 15.1 Å². The molecule has 1 saturated heterocycles. The second-order valence-corrected chi connectivity index (χ2v) is 6.97. The number of likely N-dealkylation sites (N-methyl/N-ethyl adjacent to an activating group) is 1. The number of piperazine rings is 1. The van der Waals surface area contributed by atoms with Gasteiger partial charge >= 0.3 is 0 Å². The highest BCUT2D eigenvalue weighted by molar-refractivity contribution is 9.10. The summed E-state index contributed by atoms with van der Waals surface area (Å²) in [7, 11) is 2.08. The number of anilines is 2. The largest absolute Gasteiger partial charge is 0.340 e. The lowest BCUT2D eigenvalue weighted by Gasteiger charge is -2.32. The van der Waals surface area contributed by atoms with E-state index < -0.39 is 0 Å². The summed E-state index contributed by atoms with van der Waals surface area (Å²) in [6, 6.07) is 9.72. The Balaban J connectivity index is 1.66. The number of pyridine rings is 1. The summed E-state index contributed by atoms with van der Waals surface area (Å²) in [5.74, 6) is 0.785. The average molecular weight is 389 g/mol. The number of carbonyl (C=O) groups excluding carboxylic acids is 1. The van der Waals surface area contributed by atoms with Crippen LogP contribution in [0.25, 0.3) is 0 Å². The van der Waals surface area contributed by atoms with E-state index in [0.717, 1.165) is 47.7 Å². The van der Waals surface area contributed by atoms with Crippen molar-refractivity contribution in [3.8, 4) is 0 Å². The minimum atomic E-state index is 0.0571. The van der Waals surface area contributed by atoms with Crippen LogP contribution in [0.4, 0.5) is 11.5 Å². The summed E-state index contributed by atoms with van der Waals surface area (Å²) >= 11 is 3.49. The molecule has 0 aliphatic carbocycles. The van der Waals surface area contributed by atoms with Crippen LogP contribution in [0.5, 0.6) is 0 Å². The van der Waals surface area contributed by atoms with Crippen LogP contribution in [-0.2, 0) is 0 Å². The SMILES string of the molecule is Cc1cc(Nc2ccc(C(=O)N3CCN(C)CC3)cn2)ccc1Br. The molecular formula is C18H21BrN4O. The Kier molecular flexibility index (Phi) is 5.16. The van der Waals surface area contributed by atoms with Crippen LogP contribution in [0.15, 0.2) is 41.0 Å². The lowest BCUT2D eigenvalue weighted by atomic mass is 10.2. The lowest BCUT2D eigenvalue weighted by Crippen LogP contribution is -2.47. The summed E-state index contributed by atoms with van der Waals surface area (Å²) < 4.78 is 1.08. The Labute approximate surface area is 150 Å². The lowest BCUT2D eigenvalue weighted by molar-refractivity contribution is 0.0663. The number of rotatable bonds is 3. The molecule has 1 N–H and O–H groups in total. The van der Waals surface area contributed by atoms with Crippen LogP contribution in [0.3, 0.4) is 0 Å². The van der Waals surface area contributed by atoms with E-state index in [9.17, 15) is 4.79 Å². The van der Waals surface area contributed by atoms with Crippen LogP contribution < -0.4 is 5.32 Å². The summed E-state index contributed by atoms with van der Waals surface area (Å²) in [6.45, 7) is 5.42. The van der Waals surface area contributed by atoms with Crippen molar-refractivity contribution in [3.05, 3.63) is 52.1 Å². The zero-order chi connectivity index (χ0) is 17.1. The third kappa shape index (κ3) is 3.94. The van der Waals surface area contributed by atoms with Gasteiger partial charge in [-0.2, -0.15) is 0 Å². The zero-order valence-corrected chi connectivity index (χ0v) is 15.5. The van der Waals surface area contributed by atoms with Gasteiger partial charge in [0.05, 0.1) is 5.56 Å². The van der Waals surface area contributed by atoms with E-state index in [4.69, 9.17) is 0 Å². The first-order valence-electron chi connectivity index (χ1n) is 8.00. The number of hydrogen-bond acceptors (Lipinski definition) is 4. The molecule has 1 aliphatic heterocycles. The topological polar surface area (TPSA) is 48.5 Å². The molecule has 24 heavy (non-hydrogen) atoms. The third-order valence-corrected chi connectivity index (χ3v) is 5.12. The highest BCUT2D eigenvalue weighted by atomic mass is 79.9. The number of halogens is 1. The van der Waals surface area contributed by atoms with Gasteiger partial charge in [-0.25, -0.2) is 4.98 Å². The van der Waals surface area contributed by atoms with Crippen LogP contribution in [0.1, 0.15) is 15.9 Å². The van der Waals surface area contributed by atoms with Gasteiger partial charge in [0.25, 0.3) is 5.91 Å². The smallest absolute Gasteiger partial charge is 0.255 e. The first-order chi connectivity index (χ1) is 11.5. The zero-order valence-electron chi connectivity index (χ0n) is 13.9. The second kappa shape index (κ2) is 7.32. The molecule has 6 heteroatoms. The molecule has 0 radical (unpaired) electrons. The fourth-order valence-corrected chi connectivity index (χ4v) is 2.90. The third-order valence-electron chi connectivity index (χ3n) is 4.23. The standard InChI is InChI=1S/C18H21BrN4O/c1-13-11-15(4-5-16(13)19)21-17-6-3-14(12-20-17)18(24)23-9-7-22(2)8-10-23/h3-6,11-12H,7-10H2,1-2H3,(H,20,21). The Morgan fingerprint density at radius 3 is 2.54 bits per heavy atom. The monoisotopic (exact) mass is 388 g/mol. The number of carbonyl (C=O) groups is 1. The van der Waals surface area contributed by atoms with Gasteiger partial charge in [-0.3, -0.25) is 4.79 Å². The van der Waals surface area contributed by atoms with E-state index in [1.807, 2.05) is 36.1 Å². The molecule has 1 amide bonds. The van der Waals surface area contributed by atoms with Crippen molar-refractivity contribution >= 4 is 33.3 Å². The van der Waals surface area contributed by atoms with Crippen LogP contribution in [0.2, 0.25) is 0 Å². The average Bonchev–Trinajstić information content (AvgIpc) is 2.59. The Bertz CT molecular complexity index is 724. The van der Waals surface area contributed by atoms with Gasteiger partial charge in [-0.1, -0.05) is 15.9 Å². The second-order valence-electron chi connectivity index (χ2n) is 6.12. The number of amides is 1. The van der Waals surface area contributed by atoms with Crippen molar-refractivity contribution in [2.24, 2.45) is 0 Å². The molecule has 1 aromatic carbocycles. The molecule has 2 aromatic rings. The maximum absolute atomic E-state index is 12.5. The van der Waals surface area contributed by atoms with Crippen LogP contribution >= 0.6 is 15.9 Å². The molecule has 5 nitrogen and oxygen atoms in total. The van der Waals surface area contributed by atoms with E-state index in [1.165, 1.54) is 0 Å². The molecule has 1 aromatic heterocycles. The molecule has 0 atom stereocenters. The molecule has 1 aliphatic rings. The molecule has 2 heterocycles. The molecule has 126 valence electrons. The first kappa shape index (κ1) is 16.9.